The fourth-order valence-corrected chi connectivity index (χ4v) is 2.32. The molecule has 1 aliphatic heterocycles. The van der Waals surface area contributed by atoms with Crippen LogP contribution < -0.4 is 4.90 Å². The number of hydrogen-bond donors (Lipinski definition) is 0. The number of hydrogen-bond acceptors (Lipinski definition) is 4. The van der Waals surface area contributed by atoms with Gasteiger partial charge in [0.25, 0.3) is 6.01 Å². The molecule has 4 heteroatoms. The number of aromatic nitrogens is 1. The van der Waals surface area contributed by atoms with Gasteiger partial charge in [-0.1, -0.05) is 12.1 Å². The Morgan fingerprint density at radius 1 is 1.35 bits per heavy atom. The second-order valence-corrected chi connectivity index (χ2v) is 4.36. The standard InChI is InChI=1S/C13H14N2O2/c16-9-10-5-3-4-8-15(10)13-14-11-6-1-2-7-12(11)17-13/h1-2,6-7,9-10H,3-5,8H2. The molecule has 0 radical (unpaired) electrons. The molecule has 2 aromatic rings. The zero-order valence-electron chi connectivity index (χ0n) is 9.50. The van der Waals surface area contributed by atoms with E-state index in [4.69, 9.17) is 4.42 Å². The van der Waals surface area contributed by atoms with Gasteiger partial charge in [-0.2, -0.15) is 4.98 Å². The molecular formula is C13H14N2O2. The number of carbonyl (C=O) groups is 1. The van der Waals surface area contributed by atoms with E-state index in [-0.39, 0.29) is 6.04 Å². The van der Waals surface area contributed by atoms with Crippen LogP contribution in [0.4, 0.5) is 6.01 Å². The topological polar surface area (TPSA) is 46.3 Å². The lowest BCUT2D eigenvalue weighted by Gasteiger charge is -2.30. The monoisotopic (exact) mass is 230 g/mol. The summed E-state index contributed by atoms with van der Waals surface area (Å²) in [5.41, 5.74) is 1.62. The maximum Gasteiger partial charge on any atom is 0.298 e. The van der Waals surface area contributed by atoms with Crippen LogP contribution in [-0.4, -0.2) is 23.9 Å². The molecule has 88 valence electrons. The third-order valence-corrected chi connectivity index (χ3v) is 3.23. The first-order chi connectivity index (χ1) is 8.38. The number of rotatable bonds is 2. The van der Waals surface area contributed by atoms with E-state index < -0.39 is 0 Å². The van der Waals surface area contributed by atoms with Crippen molar-refractivity contribution >= 4 is 23.4 Å². The number of anilines is 1. The highest BCUT2D eigenvalue weighted by molar-refractivity contribution is 5.75. The Morgan fingerprint density at radius 3 is 3.06 bits per heavy atom. The van der Waals surface area contributed by atoms with Crippen molar-refractivity contribution in [2.75, 3.05) is 11.4 Å². The Hall–Kier alpha value is -1.84. The fourth-order valence-electron chi connectivity index (χ4n) is 2.32. The largest absolute Gasteiger partial charge is 0.423 e. The Bertz CT molecular complexity index is 502. The van der Waals surface area contributed by atoms with Crippen molar-refractivity contribution in [3.8, 4) is 0 Å². The molecule has 1 aromatic carbocycles. The SMILES string of the molecule is O=CC1CCCCN1c1nc2ccccc2o1. The minimum absolute atomic E-state index is 0.0863. The molecule has 2 heterocycles. The summed E-state index contributed by atoms with van der Waals surface area (Å²) in [6, 6.07) is 8.15. The highest BCUT2D eigenvalue weighted by atomic mass is 16.4. The molecule has 1 aliphatic rings. The summed E-state index contributed by atoms with van der Waals surface area (Å²) < 4.78 is 5.70. The van der Waals surface area contributed by atoms with E-state index in [2.05, 4.69) is 4.98 Å². The predicted molar refractivity (Wildman–Crippen MR) is 65.1 cm³/mol. The minimum atomic E-state index is -0.0863. The molecule has 17 heavy (non-hydrogen) atoms. The van der Waals surface area contributed by atoms with Gasteiger partial charge in [-0.05, 0) is 31.4 Å². The van der Waals surface area contributed by atoms with Gasteiger partial charge in [0.15, 0.2) is 5.58 Å². The summed E-state index contributed by atoms with van der Waals surface area (Å²) in [5.74, 6) is 0. The van der Waals surface area contributed by atoms with Crippen molar-refractivity contribution in [2.24, 2.45) is 0 Å². The first-order valence-electron chi connectivity index (χ1n) is 5.96. The second-order valence-electron chi connectivity index (χ2n) is 4.36. The lowest BCUT2D eigenvalue weighted by atomic mass is 10.0. The molecule has 1 aromatic heterocycles. The zero-order valence-corrected chi connectivity index (χ0v) is 9.50. The summed E-state index contributed by atoms with van der Waals surface area (Å²) >= 11 is 0. The summed E-state index contributed by atoms with van der Waals surface area (Å²) in [6.07, 6.45) is 4.07. The van der Waals surface area contributed by atoms with Crippen molar-refractivity contribution in [2.45, 2.75) is 25.3 Å². The van der Waals surface area contributed by atoms with Crippen LogP contribution in [0.2, 0.25) is 0 Å². The van der Waals surface area contributed by atoms with Crippen LogP contribution in [0.1, 0.15) is 19.3 Å². The molecule has 1 atom stereocenters. The summed E-state index contributed by atoms with van der Waals surface area (Å²) in [6.45, 7) is 0.843. The van der Waals surface area contributed by atoms with Crippen molar-refractivity contribution in [1.29, 1.82) is 0 Å². The molecule has 3 rings (SSSR count). The third-order valence-electron chi connectivity index (χ3n) is 3.23. The third kappa shape index (κ3) is 1.79. The van der Waals surface area contributed by atoms with Gasteiger partial charge in [0, 0.05) is 6.54 Å². The van der Waals surface area contributed by atoms with Gasteiger partial charge in [0.2, 0.25) is 0 Å². The number of benzene rings is 1. The lowest BCUT2D eigenvalue weighted by Crippen LogP contribution is -2.40. The predicted octanol–water partition coefficient (Wildman–Crippen LogP) is 2.39. The van der Waals surface area contributed by atoms with E-state index in [9.17, 15) is 4.79 Å². The Kier molecular flexibility index (Phi) is 2.55. The van der Waals surface area contributed by atoms with Gasteiger partial charge >= 0.3 is 0 Å². The molecule has 1 fully saturated rings. The van der Waals surface area contributed by atoms with Crippen LogP contribution in [0.15, 0.2) is 28.7 Å². The first kappa shape index (κ1) is 10.3. The van der Waals surface area contributed by atoms with Crippen molar-refractivity contribution in [3.05, 3.63) is 24.3 Å². The molecule has 0 bridgehead atoms. The van der Waals surface area contributed by atoms with E-state index in [1.54, 1.807) is 0 Å². The Balaban J connectivity index is 1.98. The number of carbonyl (C=O) groups excluding carboxylic acids is 1. The summed E-state index contributed by atoms with van der Waals surface area (Å²) in [7, 11) is 0. The fraction of sp³-hybridized carbons (Fsp3) is 0.385. The quantitative estimate of drug-likeness (QED) is 0.743. The van der Waals surface area contributed by atoms with Crippen LogP contribution in [0.5, 0.6) is 0 Å². The van der Waals surface area contributed by atoms with Crippen molar-refractivity contribution < 1.29 is 9.21 Å². The van der Waals surface area contributed by atoms with Gasteiger partial charge in [0.1, 0.15) is 11.8 Å². The van der Waals surface area contributed by atoms with Crippen LogP contribution in [0.3, 0.4) is 0 Å². The number of piperidine rings is 1. The average molecular weight is 230 g/mol. The maximum absolute atomic E-state index is 11.0. The molecular weight excluding hydrogens is 216 g/mol. The Labute approximate surface area is 99.2 Å². The highest BCUT2D eigenvalue weighted by Gasteiger charge is 2.25. The van der Waals surface area contributed by atoms with E-state index in [1.165, 1.54) is 0 Å². The molecule has 0 amide bonds. The number of oxazole rings is 1. The molecule has 0 spiro atoms. The lowest BCUT2D eigenvalue weighted by molar-refractivity contribution is -0.109. The molecule has 1 unspecified atom stereocenters. The van der Waals surface area contributed by atoms with Gasteiger partial charge in [-0.3, -0.25) is 0 Å². The summed E-state index contributed by atoms with van der Waals surface area (Å²) in [4.78, 5) is 17.5. The molecule has 0 aliphatic carbocycles. The van der Waals surface area contributed by atoms with Crippen molar-refractivity contribution in [1.82, 2.24) is 4.98 Å². The minimum Gasteiger partial charge on any atom is -0.423 e. The van der Waals surface area contributed by atoms with Crippen LogP contribution >= 0.6 is 0 Å². The van der Waals surface area contributed by atoms with Gasteiger partial charge < -0.3 is 14.1 Å². The van der Waals surface area contributed by atoms with E-state index in [0.29, 0.717) is 6.01 Å². The van der Waals surface area contributed by atoms with E-state index in [0.717, 1.165) is 43.2 Å². The molecule has 4 nitrogen and oxygen atoms in total. The summed E-state index contributed by atoms with van der Waals surface area (Å²) in [5, 5.41) is 0. The van der Waals surface area contributed by atoms with Crippen LogP contribution in [0.25, 0.3) is 11.1 Å². The molecule has 0 N–H and O–H groups in total. The molecule has 0 saturated carbocycles. The number of aldehydes is 1. The average Bonchev–Trinajstić information content (AvgIpc) is 2.82. The second kappa shape index (κ2) is 4.20. The van der Waals surface area contributed by atoms with Crippen molar-refractivity contribution in [3.63, 3.8) is 0 Å². The van der Waals surface area contributed by atoms with E-state index in [1.807, 2.05) is 29.2 Å². The number of fused-ring (bicyclic) bond motifs is 1. The highest BCUT2D eigenvalue weighted by Crippen LogP contribution is 2.26. The van der Waals surface area contributed by atoms with Crippen LogP contribution in [0, 0.1) is 0 Å². The smallest absolute Gasteiger partial charge is 0.298 e. The zero-order chi connectivity index (χ0) is 11.7. The van der Waals surface area contributed by atoms with Crippen LogP contribution in [-0.2, 0) is 4.79 Å². The molecule has 1 saturated heterocycles. The van der Waals surface area contributed by atoms with E-state index >= 15 is 0 Å². The normalized spacial score (nSPS) is 20.7. The first-order valence-corrected chi connectivity index (χ1v) is 5.96. The van der Waals surface area contributed by atoms with Gasteiger partial charge in [0.05, 0.1) is 6.04 Å². The maximum atomic E-state index is 11.0. The van der Waals surface area contributed by atoms with Gasteiger partial charge in [-0.25, -0.2) is 0 Å². The number of para-hydroxylation sites is 2. The number of nitrogens with zero attached hydrogens (tertiary/aromatic N) is 2. The Morgan fingerprint density at radius 2 is 2.24 bits per heavy atom. The van der Waals surface area contributed by atoms with Gasteiger partial charge in [-0.15, -0.1) is 0 Å².